The Balaban J connectivity index is 1.51. The summed E-state index contributed by atoms with van der Waals surface area (Å²) in [5.41, 5.74) is 10.0. The van der Waals surface area contributed by atoms with E-state index in [0.29, 0.717) is 42.0 Å². The lowest BCUT2D eigenvalue weighted by Crippen LogP contribution is -2.41. The summed E-state index contributed by atoms with van der Waals surface area (Å²) in [6.45, 7) is 4.49. The first-order chi connectivity index (χ1) is 20.1. The number of amides is 1. The first kappa shape index (κ1) is 28.9. The highest BCUT2D eigenvalue weighted by Crippen LogP contribution is 2.31. The van der Waals surface area contributed by atoms with Crippen molar-refractivity contribution < 1.29 is 13.2 Å². The minimum absolute atomic E-state index is 0.0157. The van der Waals surface area contributed by atoms with Gasteiger partial charge >= 0.3 is 0 Å². The molecule has 14 nitrogen and oxygen atoms in total. The number of sulfone groups is 1. The summed E-state index contributed by atoms with van der Waals surface area (Å²) in [5.74, 6) is -0.112. The Labute approximate surface area is 242 Å². The van der Waals surface area contributed by atoms with Gasteiger partial charge in [0.2, 0.25) is 5.82 Å². The quantitative estimate of drug-likeness (QED) is 0.231. The van der Waals surface area contributed by atoms with Crippen LogP contribution in [-0.4, -0.2) is 82.6 Å². The largest absolute Gasteiger partial charge is 0.382 e. The van der Waals surface area contributed by atoms with Crippen molar-refractivity contribution >= 4 is 27.2 Å². The molecular weight excluding hydrogens is 558 g/mol. The normalized spacial score (nSPS) is 12.6. The molecule has 42 heavy (non-hydrogen) atoms. The van der Waals surface area contributed by atoms with E-state index >= 15 is 0 Å². The summed E-state index contributed by atoms with van der Waals surface area (Å²) in [6, 6.07) is 5.43. The van der Waals surface area contributed by atoms with E-state index in [1.165, 1.54) is 10.8 Å². The molecule has 220 valence electrons. The maximum Gasteiger partial charge on any atom is 0.291 e. The molecule has 3 N–H and O–H groups in total. The SMILES string of the molecule is CCCN(C(=O)c1nnc[nH]1)[C@H](CC)CCc1nc2c(-c3ccc(-c4ccn(C)n4)nc3)cnn2c(N)c1S(C)(=O)=O. The van der Waals surface area contributed by atoms with Crippen molar-refractivity contribution in [3.8, 4) is 22.5 Å². The predicted molar refractivity (Wildman–Crippen MR) is 156 cm³/mol. The topological polar surface area (TPSA) is 183 Å². The summed E-state index contributed by atoms with van der Waals surface area (Å²) in [6.07, 6.45) is 9.74. The van der Waals surface area contributed by atoms with E-state index in [2.05, 4.69) is 30.4 Å². The lowest BCUT2D eigenvalue weighted by molar-refractivity contribution is 0.0650. The number of hydrogen-bond donors (Lipinski definition) is 2. The Hall–Kier alpha value is -4.66. The van der Waals surface area contributed by atoms with Crippen molar-refractivity contribution in [1.29, 1.82) is 0 Å². The summed E-state index contributed by atoms with van der Waals surface area (Å²) in [4.78, 5) is 27.0. The number of pyridine rings is 1. The summed E-state index contributed by atoms with van der Waals surface area (Å²) in [5, 5.41) is 16.4. The highest BCUT2D eigenvalue weighted by molar-refractivity contribution is 7.91. The van der Waals surface area contributed by atoms with Gasteiger partial charge in [0.25, 0.3) is 5.91 Å². The van der Waals surface area contributed by atoms with Gasteiger partial charge in [-0.15, -0.1) is 10.2 Å². The van der Waals surface area contributed by atoms with Crippen molar-refractivity contribution in [2.75, 3.05) is 18.5 Å². The molecule has 1 amide bonds. The standard InChI is InChI=1S/C27H33N11O3S/c1-5-12-37(27(39)25-30-16-31-34-25)18(6-2)8-10-22-23(42(4,40)41)24(28)38-26(33-22)19(15-32-38)17-7-9-20(29-14-17)21-11-13-36(3)35-21/h7,9,11,13-16,18H,5-6,8,10,12,28H2,1-4H3,(H,30,31,34)/t18-/m1/s1. The zero-order valence-corrected chi connectivity index (χ0v) is 24.7. The molecule has 0 bridgehead atoms. The maximum atomic E-state index is 13.2. The molecule has 5 aromatic heterocycles. The van der Waals surface area contributed by atoms with Crippen molar-refractivity contribution in [2.45, 2.75) is 50.5 Å². The molecule has 0 aromatic carbocycles. The van der Waals surface area contributed by atoms with Crippen LogP contribution in [0.1, 0.15) is 49.4 Å². The molecule has 0 saturated heterocycles. The Kier molecular flexibility index (Phi) is 8.02. The third kappa shape index (κ3) is 5.59. The lowest BCUT2D eigenvalue weighted by Gasteiger charge is -2.30. The number of nitrogens with zero attached hydrogens (tertiary/aromatic N) is 9. The highest BCUT2D eigenvalue weighted by Gasteiger charge is 2.28. The number of nitrogens with one attached hydrogen (secondary N) is 1. The van der Waals surface area contributed by atoms with Gasteiger partial charge in [-0.2, -0.15) is 14.7 Å². The van der Waals surface area contributed by atoms with Gasteiger partial charge in [0.05, 0.1) is 17.6 Å². The van der Waals surface area contributed by atoms with Crippen LogP contribution >= 0.6 is 0 Å². The van der Waals surface area contributed by atoms with Gasteiger partial charge in [-0.1, -0.05) is 19.9 Å². The van der Waals surface area contributed by atoms with E-state index in [9.17, 15) is 13.2 Å². The number of carbonyl (C=O) groups is 1. The predicted octanol–water partition coefficient (Wildman–Crippen LogP) is 2.56. The minimum Gasteiger partial charge on any atom is -0.382 e. The molecule has 0 radical (unpaired) electrons. The first-order valence-electron chi connectivity index (χ1n) is 13.6. The van der Waals surface area contributed by atoms with Gasteiger partial charge in [-0.3, -0.25) is 14.5 Å². The van der Waals surface area contributed by atoms with Crippen LogP contribution in [0.2, 0.25) is 0 Å². The molecule has 1 atom stereocenters. The number of aromatic amines is 1. The van der Waals surface area contributed by atoms with Crippen LogP contribution in [0.25, 0.3) is 28.2 Å². The van der Waals surface area contributed by atoms with E-state index in [1.54, 1.807) is 22.0 Å². The van der Waals surface area contributed by atoms with Gasteiger partial charge in [-0.25, -0.2) is 13.4 Å². The highest BCUT2D eigenvalue weighted by atomic mass is 32.2. The van der Waals surface area contributed by atoms with Crippen LogP contribution in [0.3, 0.4) is 0 Å². The molecule has 0 aliphatic rings. The Bertz CT molecular complexity index is 1810. The number of fused-ring (bicyclic) bond motifs is 1. The van der Waals surface area contributed by atoms with Crippen LogP contribution in [0.4, 0.5) is 5.82 Å². The zero-order chi connectivity index (χ0) is 30.0. The third-order valence-corrected chi connectivity index (χ3v) is 8.29. The van der Waals surface area contributed by atoms with Crippen LogP contribution in [0.15, 0.2) is 48.0 Å². The van der Waals surface area contributed by atoms with Gasteiger partial charge in [0, 0.05) is 49.4 Å². The Morgan fingerprint density at radius 1 is 1.17 bits per heavy atom. The number of carbonyl (C=O) groups excluding carboxylic acids is 1. The van der Waals surface area contributed by atoms with Crippen molar-refractivity contribution in [3.05, 3.63) is 54.6 Å². The van der Waals surface area contributed by atoms with E-state index in [1.807, 2.05) is 45.3 Å². The van der Waals surface area contributed by atoms with Crippen LogP contribution < -0.4 is 5.73 Å². The van der Waals surface area contributed by atoms with Crippen LogP contribution in [0.5, 0.6) is 0 Å². The molecule has 5 rings (SSSR count). The number of H-pyrrole nitrogens is 1. The second-order valence-corrected chi connectivity index (χ2v) is 12.0. The molecule has 0 aliphatic heterocycles. The maximum absolute atomic E-state index is 13.2. The average molecular weight is 592 g/mol. The summed E-state index contributed by atoms with van der Waals surface area (Å²) in [7, 11) is -1.91. The van der Waals surface area contributed by atoms with Crippen LogP contribution in [0, 0.1) is 0 Å². The fourth-order valence-electron chi connectivity index (χ4n) is 5.10. The second kappa shape index (κ2) is 11.7. The second-order valence-electron chi connectivity index (χ2n) is 10.1. The summed E-state index contributed by atoms with van der Waals surface area (Å²) >= 11 is 0. The fourth-order valence-corrected chi connectivity index (χ4v) is 6.14. The van der Waals surface area contributed by atoms with Gasteiger partial charge in [0.15, 0.2) is 15.5 Å². The van der Waals surface area contributed by atoms with E-state index in [0.717, 1.165) is 23.9 Å². The molecule has 0 aliphatic carbocycles. The molecule has 0 spiro atoms. The van der Waals surface area contributed by atoms with Gasteiger partial charge < -0.3 is 15.6 Å². The smallest absolute Gasteiger partial charge is 0.291 e. The number of aryl methyl sites for hydroxylation is 2. The van der Waals surface area contributed by atoms with Crippen molar-refractivity contribution in [1.82, 2.24) is 49.4 Å². The monoisotopic (exact) mass is 591 g/mol. The van der Waals surface area contributed by atoms with Gasteiger partial charge in [-0.05, 0) is 37.8 Å². The average Bonchev–Trinajstić information content (AvgIpc) is 3.73. The lowest BCUT2D eigenvalue weighted by atomic mass is 10.0. The molecule has 0 unspecified atom stereocenters. The summed E-state index contributed by atoms with van der Waals surface area (Å²) < 4.78 is 28.9. The minimum atomic E-state index is -3.76. The van der Waals surface area contributed by atoms with E-state index < -0.39 is 9.84 Å². The Morgan fingerprint density at radius 3 is 2.57 bits per heavy atom. The molecule has 5 heterocycles. The number of nitrogen functional groups attached to an aromatic ring is 1. The number of nitrogens with two attached hydrogens (primary N) is 1. The molecule has 0 fully saturated rings. The molecule has 0 saturated carbocycles. The zero-order valence-electron chi connectivity index (χ0n) is 23.9. The van der Waals surface area contributed by atoms with E-state index in [-0.39, 0.29) is 34.9 Å². The fraction of sp³-hybridized carbons (Fsp3) is 0.370. The van der Waals surface area contributed by atoms with Crippen molar-refractivity contribution in [2.24, 2.45) is 7.05 Å². The van der Waals surface area contributed by atoms with Crippen molar-refractivity contribution in [3.63, 3.8) is 0 Å². The number of rotatable bonds is 11. The molecular formula is C27H33N11O3S. The number of anilines is 1. The number of hydrogen-bond acceptors (Lipinski definition) is 10. The number of aromatic nitrogens is 9. The van der Waals surface area contributed by atoms with E-state index in [4.69, 9.17) is 10.7 Å². The molecule has 5 aromatic rings. The Morgan fingerprint density at radius 2 is 1.98 bits per heavy atom. The third-order valence-electron chi connectivity index (χ3n) is 7.10. The first-order valence-corrected chi connectivity index (χ1v) is 15.5. The van der Waals surface area contributed by atoms with Crippen LogP contribution in [-0.2, 0) is 23.3 Å². The molecule has 15 heteroatoms. The van der Waals surface area contributed by atoms with Gasteiger partial charge in [0.1, 0.15) is 22.7 Å².